The molecule has 106 valence electrons. The van der Waals surface area contributed by atoms with Crippen molar-refractivity contribution in [2.45, 2.75) is 77.6 Å². The van der Waals surface area contributed by atoms with Gasteiger partial charge in [-0.1, -0.05) is 72.0 Å². The van der Waals surface area contributed by atoms with Crippen LogP contribution in [0.4, 0.5) is 0 Å². The van der Waals surface area contributed by atoms with Crippen molar-refractivity contribution in [2.24, 2.45) is 5.92 Å². The molecular formula is C17H29SiTi-. The smallest absolute Gasteiger partial charge is 0.0521 e. The van der Waals surface area contributed by atoms with Crippen LogP contribution in [0, 0.1) is 12.0 Å². The van der Waals surface area contributed by atoms with E-state index in [4.69, 9.17) is 0 Å². The van der Waals surface area contributed by atoms with Crippen molar-refractivity contribution in [3.63, 3.8) is 0 Å². The zero-order chi connectivity index (χ0) is 13.6. The van der Waals surface area contributed by atoms with Crippen LogP contribution in [0.1, 0.15) is 53.4 Å². The Morgan fingerprint density at radius 2 is 1.74 bits per heavy atom. The molecule has 0 spiro atoms. The molecule has 0 N–H and O–H groups in total. The molecule has 2 heteroatoms. The molecule has 2 aliphatic rings. The third kappa shape index (κ3) is 3.54. The van der Waals surface area contributed by atoms with E-state index in [1.807, 2.05) is 0 Å². The molecular weight excluding hydrogens is 280 g/mol. The van der Waals surface area contributed by atoms with Gasteiger partial charge in [-0.25, -0.2) is 5.57 Å². The molecule has 0 aromatic heterocycles. The second-order valence-electron chi connectivity index (χ2n) is 7.87. The summed E-state index contributed by atoms with van der Waals surface area (Å²) in [6.45, 7) is 14.7. The topological polar surface area (TPSA) is 0 Å². The molecule has 0 nitrogen and oxygen atoms in total. The van der Waals surface area contributed by atoms with E-state index in [1.165, 1.54) is 37.3 Å². The largest absolute Gasteiger partial charge is 0.266 e. The SMILES string of the molecule is CC1=[C-]C(C[Si](C)(C)C(C)(C)C)C2=C1CCCC2.[Ti]. The molecule has 0 fully saturated rings. The summed E-state index contributed by atoms with van der Waals surface area (Å²) in [5.41, 5.74) is 4.93. The van der Waals surface area contributed by atoms with Crippen LogP contribution in [0.15, 0.2) is 16.7 Å². The molecule has 1 unspecified atom stereocenters. The van der Waals surface area contributed by atoms with Crippen LogP contribution in [0.3, 0.4) is 0 Å². The van der Waals surface area contributed by atoms with Gasteiger partial charge < -0.3 is 0 Å². The van der Waals surface area contributed by atoms with Crippen molar-refractivity contribution in [3.05, 3.63) is 22.8 Å². The zero-order valence-electron chi connectivity index (χ0n) is 13.6. The van der Waals surface area contributed by atoms with E-state index in [0.717, 1.165) is 0 Å². The minimum atomic E-state index is -1.19. The average molecular weight is 309 g/mol. The molecule has 2 aliphatic carbocycles. The van der Waals surface area contributed by atoms with Crippen molar-refractivity contribution in [2.75, 3.05) is 0 Å². The fraction of sp³-hybridized carbons (Fsp3) is 0.765. The monoisotopic (exact) mass is 309 g/mol. The Hall–Kier alpha value is 0.411. The van der Waals surface area contributed by atoms with Crippen LogP contribution in [-0.4, -0.2) is 8.07 Å². The first-order valence-electron chi connectivity index (χ1n) is 7.55. The van der Waals surface area contributed by atoms with Crippen molar-refractivity contribution in [3.8, 4) is 0 Å². The van der Waals surface area contributed by atoms with E-state index in [1.54, 1.807) is 11.1 Å². The first-order valence-corrected chi connectivity index (χ1v) is 10.8. The molecule has 0 radical (unpaired) electrons. The van der Waals surface area contributed by atoms with E-state index >= 15 is 0 Å². The first-order chi connectivity index (χ1) is 8.22. The summed E-state index contributed by atoms with van der Waals surface area (Å²) in [4.78, 5) is 0. The fourth-order valence-electron chi connectivity index (χ4n) is 3.17. The van der Waals surface area contributed by atoms with Gasteiger partial charge in [0.1, 0.15) is 0 Å². The molecule has 19 heavy (non-hydrogen) atoms. The van der Waals surface area contributed by atoms with Crippen molar-refractivity contribution < 1.29 is 21.7 Å². The molecule has 2 rings (SSSR count). The molecule has 0 aromatic carbocycles. The maximum absolute atomic E-state index is 3.80. The van der Waals surface area contributed by atoms with Crippen LogP contribution in [0.25, 0.3) is 0 Å². The van der Waals surface area contributed by atoms with E-state index in [-0.39, 0.29) is 21.7 Å². The zero-order valence-corrected chi connectivity index (χ0v) is 16.2. The maximum atomic E-state index is 3.80. The van der Waals surface area contributed by atoms with Gasteiger partial charge in [0, 0.05) is 21.7 Å². The molecule has 0 amide bonds. The Labute approximate surface area is 136 Å². The van der Waals surface area contributed by atoms with Gasteiger partial charge in [0.2, 0.25) is 0 Å². The minimum Gasteiger partial charge on any atom is -0.266 e. The summed E-state index contributed by atoms with van der Waals surface area (Å²) in [6, 6.07) is 1.40. The molecule has 0 saturated heterocycles. The summed E-state index contributed by atoms with van der Waals surface area (Å²) in [5, 5.41) is 0.501. The van der Waals surface area contributed by atoms with Crippen molar-refractivity contribution >= 4 is 8.07 Å². The van der Waals surface area contributed by atoms with Gasteiger partial charge in [-0.2, -0.15) is 11.1 Å². The number of rotatable bonds is 2. The third-order valence-electron chi connectivity index (χ3n) is 5.52. The molecule has 0 bridgehead atoms. The molecule has 0 saturated carbocycles. The van der Waals surface area contributed by atoms with Gasteiger partial charge in [0.15, 0.2) is 0 Å². The summed E-state index contributed by atoms with van der Waals surface area (Å²) in [7, 11) is -1.19. The second-order valence-corrected chi connectivity index (χ2v) is 13.5. The number of allylic oxidation sites excluding steroid dienone is 4. The number of hydrogen-bond donors (Lipinski definition) is 0. The van der Waals surface area contributed by atoms with Crippen LogP contribution in [0.5, 0.6) is 0 Å². The van der Waals surface area contributed by atoms with E-state index in [9.17, 15) is 0 Å². The van der Waals surface area contributed by atoms with Gasteiger partial charge in [-0.3, -0.25) is 6.08 Å². The van der Waals surface area contributed by atoms with E-state index < -0.39 is 8.07 Å². The summed E-state index contributed by atoms with van der Waals surface area (Å²) in [5.74, 6) is 0.668. The molecule has 0 heterocycles. The standard InChI is InChI=1S/C17H29Si.Ti/c1-13-11-14(12-18(5,6)17(2,3)4)16-10-8-7-9-15(13)16;/h14H,7-10,12H2,1-6H3;/q-1;. The predicted molar refractivity (Wildman–Crippen MR) is 83.4 cm³/mol. The Morgan fingerprint density at radius 1 is 1.16 bits per heavy atom. The van der Waals surface area contributed by atoms with E-state index in [0.29, 0.717) is 11.0 Å². The Morgan fingerprint density at radius 3 is 2.32 bits per heavy atom. The van der Waals surface area contributed by atoms with Crippen molar-refractivity contribution in [1.82, 2.24) is 0 Å². The predicted octanol–water partition coefficient (Wildman–Crippen LogP) is 5.74. The van der Waals surface area contributed by atoms with E-state index in [2.05, 4.69) is 46.9 Å². The third-order valence-corrected chi connectivity index (χ3v) is 11.0. The number of hydrogen-bond acceptors (Lipinski definition) is 0. The summed E-state index contributed by atoms with van der Waals surface area (Å²) >= 11 is 0. The van der Waals surface area contributed by atoms with Gasteiger partial charge in [0.25, 0.3) is 0 Å². The molecule has 0 aromatic rings. The first kappa shape index (κ1) is 17.5. The average Bonchev–Trinajstić information content (AvgIpc) is 2.55. The van der Waals surface area contributed by atoms with Gasteiger partial charge in [-0.05, 0) is 11.5 Å². The Balaban J connectivity index is 0.00000180. The quantitative estimate of drug-likeness (QED) is 0.450. The van der Waals surface area contributed by atoms with Gasteiger partial charge in [-0.15, -0.1) is 0 Å². The van der Waals surface area contributed by atoms with Crippen molar-refractivity contribution in [1.29, 1.82) is 0 Å². The fourth-order valence-corrected chi connectivity index (χ4v) is 5.15. The molecule has 1 atom stereocenters. The summed E-state index contributed by atoms with van der Waals surface area (Å²) in [6.07, 6.45) is 9.27. The van der Waals surface area contributed by atoms with Gasteiger partial charge >= 0.3 is 0 Å². The van der Waals surface area contributed by atoms with Crippen LogP contribution < -0.4 is 0 Å². The Kier molecular flexibility index (Phi) is 5.55. The maximum Gasteiger partial charge on any atom is 0.0521 e. The van der Waals surface area contributed by atoms with Crippen LogP contribution >= 0.6 is 0 Å². The normalized spacial score (nSPS) is 23.9. The minimum absolute atomic E-state index is 0. The van der Waals surface area contributed by atoms with Crippen LogP contribution in [0.2, 0.25) is 24.2 Å². The Bertz CT molecular complexity index is 396. The second kappa shape index (κ2) is 6.03. The van der Waals surface area contributed by atoms with Gasteiger partial charge in [0.05, 0.1) is 8.07 Å². The summed E-state index contributed by atoms with van der Waals surface area (Å²) < 4.78 is 0. The molecule has 0 aliphatic heterocycles. The van der Waals surface area contributed by atoms with Crippen LogP contribution in [-0.2, 0) is 21.7 Å².